The van der Waals surface area contributed by atoms with Crippen molar-refractivity contribution in [2.45, 2.75) is 24.8 Å². The summed E-state index contributed by atoms with van der Waals surface area (Å²) in [5.41, 5.74) is 1.45. The summed E-state index contributed by atoms with van der Waals surface area (Å²) in [6, 6.07) is 5.43. The van der Waals surface area contributed by atoms with Gasteiger partial charge in [-0.3, -0.25) is 4.79 Å². The lowest BCUT2D eigenvalue weighted by molar-refractivity contribution is -0.137. The number of nitrogens with one attached hydrogen (secondary N) is 1. The molecule has 1 saturated carbocycles. The predicted octanol–water partition coefficient (Wildman–Crippen LogP) is 3.42. The van der Waals surface area contributed by atoms with Crippen molar-refractivity contribution in [1.82, 2.24) is 14.9 Å². The van der Waals surface area contributed by atoms with Crippen LogP contribution in [0.5, 0.6) is 0 Å². The highest BCUT2D eigenvalue weighted by molar-refractivity contribution is 5.84. The molecule has 0 saturated heterocycles. The Morgan fingerprint density at radius 1 is 1.38 bits per heavy atom. The van der Waals surface area contributed by atoms with Gasteiger partial charge >= 0.3 is 0 Å². The van der Waals surface area contributed by atoms with Gasteiger partial charge in [0.25, 0.3) is 5.92 Å². The monoisotopic (exact) mass is 361 g/mol. The molecule has 134 valence electrons. The first-order valence-corrected chi connectivity index (χ1v) is 8.34. The molecule has 0 unspecified atom stereocenters. The third-order valence-corrected chi connectivity index (χ3v) is 5.12. The third-order valence-electron chi connectivity index (χ3n) is 5.12. The molecule has 3 aromatic rings. The summed E-state index contributed by atoms with van der Waals surface area (Å²) in [5.74, 6) is -5.07. The lowest BCUT2D eigenvalue weighted by atomic mass is 9.99. The number of H-pyrrole nitrogens is 1. The van der Waals surface area contributed by atoms with Crippen LogP contribution in [0.3, 0.4) is 0 Å². The minimum absolute atomic E-state index is 0.0781. The molecule has 1 amide bonds. The van der Waals surface area contributed by atoms with Crippen LogP contribution in [0.25, 0.3) is 11.0 Å². The molecule has 2 aliphatic rings. The number of rotatable bonds is 2. The first-order chi connectivity index (χ1) is 12.5. The molecule has 1 aliphatic carbocycles. The van der Waals surface area contributed by atoms with E-state index in [2.05, 4.69) is 9.97 Å². The van der Waals surface area contributed by atoms with Crippen molar-refractivity contribution in [2.24, 2.45) is 5.92 Å². The number of imidazole rings is 1. The number of hydrogen-bond donors (Lipinski definition) is 1. The van der Waals surface area contributed by atoms with Crippen molar-refractivity contribution in [3.05, 3.63) is 53.6 Å². The number of nitrogens with zero attached hydrogens (tertiary/aromatic N) is 2. The molecule has 8 heteroatoms. The van der Waals surface area contributed by atoms with Gasteiger partial charge in [0.05, 0.1) is 12.0 Å². The van der Waals surface area contributed by atoms with Crippen LogP contribution in [0.15, 0.2) is 35.0 Å². The van der Waals surface area contributed by atoms with Crippen molar-refractivity contribution < 1.29 is 22.4 Å². The van der Waals surface area contributed by atoms with E-state index >= 15 is 0 Å². The van der Waals surface area contributed by atoms with Gasteiger partial charge in [0.15, 0.2) is 11.4 Å². The van der Waals surface area contributed by atoms with Crippen LogP contribution in [0.1, 0.15) is 29.6 Å². The van der Waals surface area contributed by atoms with Gasteiger partial charge in [-0.25, -0.2) is 18.2 Å². The van der Waals surface area contributed by atoms with Crippen LogP contribution < -0.4 is 0 Å². The fourth-order valence-electron chi connectivity index (χ4n) is 3.67. The molecule has 0 radical (unpaired) electrons. The Morgan fingerprint density at radius 3 is 2.92 bits per heavy atom. The number of aromatic nitrogens is 2. The minimum atomic E-state index is -2.95. The number of carbonyl (C=O) groups excluding carboxylic acids is 1. The summed E-state index contributed by atoms with van der Waals surface area (Å²) < 4.78 is 46.6. The van der Waals surface area contributed by atoms with Crippen molar-refractivity contribution in [3.63, 3.8) is 0 Å². The summed E-state index contributed by atoms with van der Waals surface area (Å²) in [6.07, 6.45) is 1.56. The van der Waals surface area contributed by atoms with E-state index < -0.39 is 36.0 Å². The molecule has 0 bridgehead atoms. The molecule has 1 aliphatic heterocycles. The van der Waals surface area contributed by atoms with Crippen LogP contribution in [-0.2, 0) is 11.2 Å². The van der Waals surface area contributed by atoms with Gasteiger partial charge in [0.1, 0.15) is 17.7 Å². The first kappa shape index (κ1) is 15.5. The predicted molar refractivity (Wildman–Crippen MR) is 85.1 cm³/mol. The number of amides is 1. The Balaban J connectivity index is 1.61. The largest absolute Gasteiger partial charge is 0.455 e. The van der Waals surface area contributed by atoms with E-state index in [0.717, 1.165) is 5.69 Å². The molecule has 1 fully saturated rings. The van der Waals surface area contributed by atoms with E-state index in [0.29, 0.717) is 23.3 Å². The van der Waals surface area contributed by atoms with Crippen LogP contribution in [-0.4, -0.2) is 33.2 Å². The maximum absolute atomic E-state index is 14.0. The number of furan rings is 1. The second-order valence-electron chi connectivity index (χ2n) is 6.78. The average Bonchev–Trinajstić information content (AvgIpc) is 2.99. The number of benzene rings is 1. The third kappa shape index (κ3) is 2.17. The fraction of sp³-hybridized carbons (Fsp3) is 0.333. The fourth-order valence-corrected chi connectivity index (χ4v) is 3.67. The quantitative estimate of drug-likeness (QED) is 0.761. The maximum atomic E-state index is 14.0. The first-order valence-electron chi connectivity index (χ1n) is 8.34. The molecule has 0 spiro atoms. The van der Waals surface area contributed by atoms with Crippen molar-refractivity contribution in [1.29, 1.82) is 0 Å². The molecule has 2 aromatic heterocycles. The highest BCUT2D eigenvalue weighted by Gasteiger charge is 2.63. The minimum Gasteiger partial charge on any atom is -0.455 e. The number of alkyl halides is 2. The molecular formula is C18H14F3N3O2. The molecular weight excluding hydrogens is 347 g/mol. The molecule has 5 rings (SSSR count). The number of para-hydroxylation sites is 1. The lowest BCUT2D eigenvalue weighted by Crippen LogP contribution is -2.42. The number of aromatic amines is 1. The van der Waals surface area contributed by atoms with Crippen LogP contribution in [0, 0.1) is 11.7 Å². The highest BCUT2D eigenvalue weighted by Crippen LogP contribution is 2.51. The van der Waals surface area contributed by atoms with Gasteiger partial charge in [-0.15, -0.1) is 0 Å². The zero-order valence-electron chi connectivity index (χ0n) is 13.5. The molecule has 3 heterocycles. The maximum Gasteiger partial charge on any atom is 0.260 e. The summed E-state index contributed by atoms with van der Waals surface area (Å²) >= 11 is 0. The summed E-state index contributed by atoms with van der Waals surface area (Å²) in [6.45, 7) is 0.269. The number of fused-ring (bicyclic) bond motifs is 2. The number of carbonyl (C=O) groups is 1. The summed E-state index contributed by atoms with van der Waals surface area (Å²) in [7, 11) is 0. The normalized spacial score (nSPS) is 23.9. The van der Waals surface area contributed by atoms with Gasteiger partial charge in [-0.05, 0) is 12.1 Å². The zero-order chi connectivity index (χ0) is 18.1. The Labute approximate surface area is 145 Å². The zero-order valence-corrected chi connectivity index (χ0v) is 13.5. The van der Waals surface area contributed by atoms with E-state index in [1.807, 2.05) is 0 Å². The topological polar surface area (TPSA) is 62.1 Å². The average molecular weight is 361 g/mol. The van der Waals surface area contributed by atoms with Crippen molar-refractivity contribution in [3.8, 4) is 0 Å². The van der Waals surface area contributed by atoms with E-state index in [1.54, 1.807) is 18.2 Å². The van der Waals surface area contributed by atoms with E-state index in [-0.39, 0.29) is 12.1 Å². The second-order valence-corrected chi connectivity index (χ2v) is 6.78. The lowest BCUT2D eigenvalue weighted by Gasteiger charge is -2.33. The smallest absolute Gasteiger partial charge is 0.260 e. The van der Waals surface area contributed by atoms with Gasteiger partial charge in [0, 0.05) is 30.5 Å². The molecule has 1 N–H and O–H groups in total. The van der Waals surface area contributed by atoms with Gasteiger partial charge in [-0.1, -0.05) is 12.1 Å². The molecule has 1 aromatic carbocycles. The molecule has 2 atom stereocenters. The Hall–Kier alpha value is -2.77. The number of halogens is 3. The van der Waals surface area contributed by atoms with E-state index in [1.165, 1.54) is 17.3 Å². The van der Waals surface area contributed by atoms with E-state index in [9.17, 15) is 18.0 Å². The van der Waals surface area contributed by atoms with Crippen LogP contribution >= 0.6 is 0 Å². The van der Waals surface area contributed by atoms with Gasteiger partial charge < -0.3 is 14.3 Å². The summed E-state index contributed by atoms with van der Waals surface area (Å²) in [5, 5.41) is 0.548. The van der Waals surface area contributed by atoms with Gasteiger partial charge in [-0.2, -0.15) is 0 Å². The molecule has 5 nitrogen and oxygen atoms in total. The Morgan fingerprint density at radius 2 is 2.19 bits per heavy atom. The summed E-state index contributed by atoms with van der Waals surface area (Å²) in [4.78, 5) is 21.3. The second kappa shape index (κ2) is 5.12. The standard InChI is InChI=1S/C18H14F3N3O2/c19-11-3-1-2-9-6-13(26-16(9)11)15-14-12(22-8-23-14)4-5-24(15)17(25)10-7-18(10,20)21/h1-3,6,8,10,15H,4-5,7H2,(H,22,23)/t10-,15+/m0/s1. The van der Waals surface area contributed by atoms with Crippen LogP contribution in [0.2, 0.25) is 0 Å². The van der Waals surface area contributed by atoms with Gasteiger partial charge in [0.2, 0.25) is 5.91 Å². The highest BCUT2D eigenvalue weighted by atomic mass is 19.3. The molecule has 26 heavy (non-hydrogen) atoms. The Bertz CT molecular complexity index is 1030. The number of hydrogen-bond acceptors (Lipinski definition) is 3. The van der Waals surface area contributed by atoms with Crippen LogP contribution in [0.4, 0.5) is 13.2 Å². The van der Waals surface area contributed by atoms with Crippen molar-refractivity contribution in [2.75, 3.05) is 6.54 Å². The van der Waals surface area contributed by atoms with E-state index in [4.69, 9.17) is 4.42 Å². The SMILES string of the molecule is O=C([C@@H]1CC1(F)F)N1CCc2[nH]cnc2[C@H]1c1cc2cccc(F)c2o1. The Kier molecular flexibility index (Phi) is 3.05. The van der Waals surface area contributed by atoms with Crippen molar-refractivity contribution >= 4 is 16.9 Å².